The van der Waals surface area contributed by atoms with Gasteiger partial charge in [-0.05, 0) is 79.9 Å². The molecule has 2 aliphatic rings. The molecule has 0 N–H and O–H groups in total. The minimum atomic E-state index is -0.469. The summed E-state index contributed by atoms with van der Waals surface area (Å²) in [7, 11) is 0. The number of imide groups is 1. The van der Waals surface area contributed by atoms with Crippen LogP contribution in [0.25, 0.3) is 6.08 Å². The molecule has 2 saturated heterocycles. The Morgan fingerprint density at radius 2 is 1.85 bits per heavy atom. The molecule has 34 heavy (non-hydrogen) atoms. The predicted molar refractivity (Wildman–Crippen MR) is 137 cm³/mol. The van der Waals surface area contributed by atoms with Gasteiger partial charge in [0.25, 0.3) is 11.1 Å². The number of morpholine rings is 1. The van der Waals surface area contributed by atoms with Gasteiger partial charge in [-0.15, -0.1) is 0 Å². The predicted octanol–water partition coefficient (Wildman–Crippen LogP) is 4.99. The summed E-state index contributed by atoms with van der Waals surface area (Å²) in [6, 6.07) is 11.7. The van der Waals surface area contributed by atoms with Crippen LogP contribution in [0.2, 0.25) is 0 Å². The average molecular weight is 610 g/mol. The van der Waals surface area contributed by atoms with E-state index in [0.29, 0.717) is 53.2 Å². The highest BCUT2D eigenvalue weighted by Gasteiger charge is 2.37. The van der Waals surface area contributed by atoms with Crippen LogP contribution in [-0.2, 0) is 20.9 Å². The van der Waals surface area contributed by atoms with Crippen molar-refractivity contribution in [3.63, 3.8) is 0 Å². The van der Waals surface area contributed by atoms with Crippen LogP contribution in [-0.4, -0.2) is 59.7 Å². The second-order valence-corrected chi connectivity index (χ2v) is 10.6. The third-order valence-electron chi connectivity index (χ3n) is 5.31. The Morgan fingerprint density at radius 1 is 1.15 bits per heavy atom. The monoisotopic (exact) mass is 608 g/mol. The topological polar surface area (TPSA) is 76.2 Å². The average Bonchev–Trinajstić information content (AvgIpc) is 3.06. The van der Waals surface area contributed by atoms with Crippen LogP contribution in [0.3, 0.4) is 0 Å². The first-order chi connectivity index (χ1) is 16.3. The maximum Gasteiger partial charge on any atom is 0.294 e. The van der Waals surface area contributed by atoms with Crippen molar-refractivity contribution < 1.29 is 23.9 Å². The molecule has 10 heteroatoms. The van der Waals surface area contributed by atoms with Gasteiger partial charge in [0, 0.05) is 13.1 Å². The number of aryl methyl sites for hydroxylation is 1. The van der Waals surface area contributed by atoms with Gasteiger partial charge in [-0.3, -0.25) is 19.3 Å². The quantitative estimate of drug-likeness (QED) is 0.429. The van der Waals surface area contributed by atoms with Gasteiger partial charge in [0.2, 0.25) is 5.91 Å². The summed E-state index contributed by atoms with van der Waals surface area (Å²) in [4.78, 5) is 40.6. The zero-order valence-electron chi connectivity index (χ0n) is 18.4. The zero-order valence-corrected chi connectivity index (χ0v) is 22.4. The fourth-order valence-electron chi connectivity index (χ4n) is 3.59. The third-order valence-corrected chi connectivity index (χ3v) is 7.40. The number of thioether (sulfide) groups is 1. The number of carbonyl (C=O) groups excluding carboxylic acids is 3. The van der Waals surface area contributed by atoms with Gasteiger partial charge in [-0.2, -0.15) is 0 Å². The van der Waals surface area contributed by atoms with Gasteiger partial charge in [-0.1, -0.05) is 29.8 Å². The van der Waals surface area contributed by atoms with Crippen LogP contribution in [0, 0.1) is 6.92 Å². The summed E-state index contributed by atoms with van der Waals surface area (Å²) in [6.45, 7) is 4.03. The number of hydrogen-bond donors (Lipinski definition) is 0. The molecule has 2 aromatic rings. The van der Waals surface area contributed by atoms with Crippen molar-refractivity contribution in [3.8, 4) is 5.75 Å². The first-order valence-corrected chi connectivity index (χ1v) is 13.0. The van der Waals surface area contributed by atoms with E-state index >= 15 is 0 Å². The highest BCUT2D eigenvalue weighted by atomic mass is 79.9. The maximum atomic E-state index is 12.8. The van der Waals surface area contributed by atoms with Crippen molar-refractivity contribution in [2.75, 3.05) is 32.8 Å². The number of ether oxygens (including phenoxy) is 2. The lowest BCUT2D eigenvalue weighted by Crippen LogP contribution is -2.46. The minimum Gasteiger partial charge on any atom is -0.487 e. The third kappa shape index (κ3) is 5.91. The summed E-state index contributed by atoms with van der Waals surface area (Å²) in [5.74, 6) is -0.0843. The molecule has 2 heterocycles. The lowest BCUT2D eigenvalue weighted by molar-refractivity contribution is -0.139. The second-order valence-electron chi connectivity index (χ2n) is 7.85. The molecular formula is C24H22Br2N2O5S. The Bertz CT molecular complexity index is 1140. The van der Waals surface area contributed by atoms with Crippen molar-refractivity contribution in [2.45, 2.75) is 13.5 Å². The Balaban J connectivity index is 1.45. The normalized spacial score (nSPS) is 17.6. The molecule has 0 spiro atoms. The van der Waals surface area contributed by atoms with Gasteiger partial charge < -0.3 is 14.4 Å². The highest BCUT2D eigenvalue weighted by Crippen LogP contribution is 2.38. The van der Waals surface area contributed by atoms with E-state index in [-0.39, 0.29) is 17.4 Å². The molecule has 2 aliphatic heterocycles. The van der Waals surface area contributed by atoms with Crippen molar-refractivity contribution in [2.24, 2.45) is 0 Å². The maximum absolute atomic E-state index is 12.8. The summed E-state index contributed by atoms with van der Waals surface area (Å²) >= 11 is 7.91. The lowest BCUT2D eigenvalue weighted by atomic mass is 10.1. The van der Waals surface area contributed by atoms with E-state index < -0.39 is 11.1 Å². The molecule has 0 bridgehead atoms. The number of amides is 3. The van der Waals surface area contributed by atoms with Crippen molar-refractivity contribution in [1.82, 2.24) is 9.80 Å². The van der Waals surface area contributed by atoms with Crippen LogP contribution in [0.15, 0.2) is 50.2 Å². The SMILES string of the molecule is Cc1cccc(COc2c(Br)cc(/C=C3/SC(=O)N(CC(=O)N4CCOCC4)C3=O)cc2Br)c1. The van der Waals surface area contributed by atoms with Crippen LogP contribution in [0.5, 0.6) is 5.75 Å². The smallest absolute Gasteiger partial charge is 0.294 e. The van der Waals surface area contributed by atoms with Crippen molar-refractivity contribution in [3.05, 3.63) is 66.9 Å². The first kappa shape index (κ1) is 25.0. The first-order valence-electron chi connectivity index (χ1n) is 10.6. The van der Waals surface area contributed by atoms with E-state index in [4.69, 9.17) is 9.47 Å². The van der Waals surface area contributed by atoms with Crippen LogP contribution < -0.4 is 4.74 Å². The number of nitrogens with zero attached hydrogens (tertiary/aromatic N) is 2. The van der Waals surface area contributed by atoms with Crippen LogP contribution in [0.1, 0.15) is 16.7 Å². The highest BCUT2D eigenvalue weighted by molar-refractivity contribution is 9.11. The van der Waals surface area contributed by atoms with Gasteiger partial charge >= 0.3 is 0 Å². The van der Waals surface area contributed by atoms with Crippen LogP contribution in [0.4, 0.5) is 4.79 Å². The summed E-state index contributed by atoms with van der Waals surface area (Å²) in [6.07, 6.45) is 1.64. The molecule has 2 fully saturated rings. The summed E-state index contributed by atoms with van der Waals surface area (Å²) in [5, 5.41) is -0.450. The van der Waals surface area contributed by atoms with Gasteiger partial charge in [-0.25, -0.2) is 0 Å². The fourth-order valence-corrected chi connectivity index (χ4v) is 5.88. The molecular weight excluding hydrogens is 588 g/mol. The number of halogens is 2. The summed E-state index contributed by atoms with van der Waals surface area (Å²) < 4.78 is 12.7. The summed E-state index contributed by atoms with van der Waals surface area (Å²) in [5.41, 5.74) is 2.94. The van der Waals surface area contributed by atoms with E-state index in [9.17, 15) is 14.4 Å². The molecule has 2 aromatic carbocycles. The number of carbonyl (C=O) groups is 3. The lowest BCUT2D eigenvalue weighted by Gasteiger charge is -2.28. The van der Waals surface area contributed by atoms with Gasteiger partial charge in [0.15, 0.2) is 0 Å². The molecule has 0 radical (unpaired) electrons. The fraction of sp³-hybridized carbons (Fsp3) is 0.292. The van der Waals surface area contributed by atoms with E-state index in [1.54, 1.807) is 11.0 Å². The molecule has 0 aromatic heterocycles. The molecule has 4 rings (SSSR count). The molecule has 7 nitrogen and oxygen atoms in total. The number of benzene rings is 2. The van der Waals surface area contributed by atoms with Crippen molar-refractivity contribution in [1.29, 1.82) is 0 Å². The minimum absolute atomic E-state index is 0.257. The zero-order chi connectivity index (χ0) is 24.2. The largest absolute Gasteiger partial charge is 0.487 e. The standard InChI is InChI=1S/C24H22Br2N2O5S/c1-15-3-2-4-16(9-15)14-33-22-18(25)10-17(11-19(22)26)12-20-23(30)28(24(31)34-20)13-21(29)27-5-7-32-8-6-27/h2-4,9-12H,5-8,13-14H2,1H3/b20-12+. The molecule has 0 atom stereocenters. The van der Waals surface area contributed by atoms with E-state index in [0.717, 1.165) is 27.8 Å². The van der Waals surface area contributed by atoms with E-state index in [1.165, 1.54) is 0 Å². The number of rotatable bonds is 6. The molecule has 0 unspecified atom stereocenters. The Hall–Kier alpha value is -2.14. The Morgan fingerprint density at radius 3 is 2.53 bits per heavy atom. The van der Waals surface area contributed by atoms with Crippen molar-refractivity contribution >= 4 is 66.8 Å². The van der Waals surface area contributed by atoms with E-state index in [2.05, 4.69) is 37.9 Å². The second kappa shape index (κ2) is 11.1. The van der Waals surface area contributed by atoms with Gasteiger partial charge in [0.1, 0.15) is 18.9 Å². The Kier molecular flexibility index (Phi) is 8.13. The van der Waals surface area contributed by atoms with Gasteiger partial charge in [0.05, 0.1) is 27.1 Å². The van der Waals surface area contributed by atoms with Crippen LogP contribution >= 0.6 is 43.6 Å². The molecule has 0 saturated carbocycles. The number of hydrogen-bond acceptors (Lipinski definition) is 6. The molecule has 178 valence electrons. The molecule has 0 aliphatic carbocycles. The van der Waals surface area contributed by atoms with E-state index in [1.807, 2.05) is 37.3 Å². The molecule has 3 amide bonds. The Labute approximate surface area is 218 Å².